The Kier molecular flexibility index (Phi) is 3.05. The van der Waals surface area contributed by atoms with Gasteiger partial charge in [-0.25, -0.2) is 0 Å². The third kappa shape index (κ3) is 2.60. The average molecular weight is 228 g/mol. The molecule has 2 aromatic rings. The SMILES string of the molecule is Nc1ccc(NCc2cccc(N)c2N)cc1. The van der Waals surface area contributed by atoms with Crippen LogP contribution in [-0.4, -0.2) is 0 Å². The fourth-order valence-electron chi connectivity index (χ4n) is 1.59. The lowest BCUT2D eigenvalue weighted by molar-refractivity contribution is 1.15. The zero-order valence-electron chi connectivity index (χ0n) is 9.48. The molecule has 0 aliphatic rings. The molecule has 0 heterocycles. The number of hydrogen-bond donors (Lipinski definition) is 4. The fourth-order valence-corrected chi connectivity index (χ4v) is 1.59. The Balaban J connectivity index is 2.07. The second-order valence-electron chi connectivity index (χ2n) is 3.90. The zero-order valence-corrected chi connectivity index (χ0v) is 9.48. The van der Waals surface area contributed by atoms with E-state index in [0.29, 0.717) is 17.9 Å². The van der Waals surface area contributed by atoms with Crippen molar-refractivity contribution < 1.29 is 0 Å². The molecule has 0 radical (unpaired) electrons. The van der Waals surface area contributed by atoms with Crippen LogP contribution in [0.5, 0.6) is 0 Å². The van der Waals surface area contributed by atoms with Crippen molar-refractivity contribution in [2.24, 2.45) is 0 Å². The van der Waals surface area contributed by atoms with Crippen molar-refractivity contribution in [3.63, 3.8) is 0 Å². The molecule has 0 atom stereocenters. The van der Waals surface area contributed by atoms with E-state index in [1.807, 2.05) is 36.4 Å². The number of nitrogen functional groups attached to an aromatic ring is 3. The highest BCUT2D eigenvalue weighted by atomic mass is 14.9. The molecular formula is C13H16N4. The van der Waals surface area contributed by atoms with Crippen LogP contribution in [0.1, 0.15) is 5.56 Å². The van der Waals surface area contributed by atoms with Crippen LogP contribution in [0, 0.1) is 0 Å². The summed E-state index contributed by atoms with van der Waals surface area (Å²) in [6.07, 6.45) is 0. The van der Waals surface area contributed by atoms with Gasteiger partial charge in [0.25, 0.3) is 0 Å². The Morgan fingerprint density at radius 2 is 1.59 bits per heavy atom. The largest absolute Gasteiger partial charge is 0.399 e. The molecule has 17 heavy (non-hydrogen) atoms. The highest BCUT2D eigenvalue weighted by molar-refractivity contribution is 5.67. The minimum atomic E-state index is 0.613. The van der Waals surface area contributed by atoms with Gasteiger partial charge in [-0.2, -0.15) is 0 Å². The van der Waals surface area contributed by atoms with E-state index in [4.69, 9.17) is 17.2 Å². The first kappa shape index (κ1) is 11.1. The quantitative estimate of drug-likeness (QED) is 0.605. The third-order valence-corrected chi connectivity index (χ3v) is 2.62. The Hall–Kier alpha value is -2.36. The average Bonchev–Trinajstić information content (AvgIpc) is 2.33. The fraction of sp³-hybridized carbons (Fsp3) is 0.0769. The first-order valence-corrected chi connectivity index (χ1v) is 5.39. The summed E-state index contributed by atoms with van der Waals surface area (Å²) >= 11 is 0. The van der Waals surface area contributed by atoms with Gasteiger partial charge in [0.2, 0.25) is 0 Å². The maximum atomic E-state index is 5.89. The minimum absolute atomic E-state index is 0.613. The molecule has 4 heteroatoms. The van der Waals surface area contributed by atoms with E-state index in [2.05, 4.69) is 5.32 Å². The predicted octanol–water partition coefficient (Wildman–Crippen LogP) is 2.05. The van der Waals surface area contributed by atoms with Gasteiger partial charge in [-0.1, -0.05) is 12.1 Å². The zero-order chi connectivity index (χ0) is 12.3. The van der Waals surface area contributed by atoms with Crippen LogP contribution >= 0.6 is 0 Å². The van der Waals surface area contributed by atoms with Crippen LogP contribution in [0.15, 0.2) is 42.5 Å². The minimum Gasteiger partial charge on any atom is -0.399 e. The van der Waals surface area contributed by atoms with Crippen molar-refractivity contribution in [1.82, 2.24) is 0 Å². The van der Waals surface area contributed by atoms with Gasteiger partial charge < -0.3 is 22.5 Å². The van der Waals surface area contributed by atoms with Gasteiger partial charge in [0.15, 0.2) is 0 Å². The number of hydrogen-bond acceptors (Lipinski definition) is 4. The summed E-state index contributed by atoms with van der Waals surface area (Å²) in [5, 5.41) is 3.27. The Morgan fingerprint density at radius 3 is 2.29 bits per heavy atom. The lowest BCUT2D eigenvalue weighted by Crippen LogP contribution is -2.05. The van der Waals surface area contributed by atoms with Crippen molar-refractivity contribution in [3.8, 4) is 0 Å². The monoisotopic (exact) mass is 228 g/mol. The van der Waals surface area contributed by atoms with Gasteiger partial charge in [0.05, 0.1) is 11.4 Å². The first-order chi connectivity index (χ1) is 8.16. The lowest BCUT2D eigenvalue weighted by atomic mass is 10.1. The van der Waals surface area contributed by atoms with Gasteiger partial charge in [-0.15, -0.1) is 0 Å². The molecule has 4 nitrogen and oxygen atoms in total. The Labute approximate surface area is 100 Å². The van der Waals surface area contributed by atoms with E-state index in [1.165, 1.54) is 0 Å². The van der Waals surface area contributed by atoms with Crippen LogP contribution < -0.4 is 22.5 Å². The Morgan fingerprint density at radius 1 is 0.882 bits per heavy atom. The summed E-state index contributed by atoms with van der Waals surface area (Å²) in [6, 6.07) is 13.2. The van der Waals surface area contributed by atoms with E-state index in [0.717, 1.165) is 16.9 Å². The molecular weight excluding hydrogens is 212 g/mol. The van der Waals surface area contributed by atoms with Crippen molar-refractivity contribution >= 4 is 22.7 Å². The molecule has 0 amide bonds. The second-order valence-corrected chi connectivity index (χ2v) is 3.90. The van der Waals surface area contributed by atoms with E-state index >= 15 is 0 Å². The Bertz CT molecular complexity index is 505. The van der Waals surface area contributed by atoms with Gasteiger partial charge in [-0.3, -0.25) is 0 Å². The van der Waals surface area contributed by atoms with Crippen LogP contribution in [-0.2, 0) is 6.54 Å². The molecule has 0 unspecified atom stereocenters. The third-order valence-electron chi connectivity index (χ3n) is 2.62. The van der Waals surface area contributed by atoms with Crippen LogP contribution in [0.4, 0.5) is 22.7 Å². The molecule has 0 spiro atoms. The van der Waals surface area contributed by atoms with Crippen molar-refractivity contribution in [3.05, 3.63) is 48.0 Å². The number of nitrogens with two attached hydrogens (primary N) is 3. The van der Waals surface area contributed by atoms with Gasteiger partial charge >= 0.3 is 0 Å². The number of benzene rings is 2. The smallest absolute Gasteiger partial charge is 0.0598 e. The van der Waals surface area contributed by atoms with Crippen LogP contribution in [0.3, 0.4) is 0 Å². The van der Waals surface area contributed by atoms with Gasteiger partial charge in [0, 0.05) is 17.9 Å². The normalized spacial score (nSPS) is 10.1. The topological polar surface area (TPSA) is 90.1 Å². The van der Waals surface area contributed by atoms with Crippen LogP contribution in [0.25, 0.3) is 0 Å². The number of nitrogens with one attached hydrogen (secondary N) is 1. The molecule has 0 aromatic heterocycles. The molecule has 0 aliphatic heterocycles. The molecule has 0 aliphatic carbocycles. The maximum Gasteiger partial charge on any atom is 0.0598 e. The molecule has 2 rings (SSSR count). The summed E-state index contributed by atoms with van der Waals surface area (Å²) in [4.78, 5) is 0. The second kappa shape index (κ2) is 4.65. The summed E-state index contributed by atoms with van der Waals surface area (Å²) in [5.74, 6) is 0. The molecule has 0 saturated heterocycles. The number of para-hydroxylation sites is 1. The predicted molar refractivity (Wildman–Crippen MR) is 73.4 cm³/mol. The van der Waals surface area contributed by atoms with Gasteiger partial charge in [-0.05, 0) is 35.9 Å². The van der Waals surface area contributed by atoms with E-state index in [-0.39, 0.29) is 0 Å². The van der Waals surface area contributed by atoms with Gasteiger partial charge in [0.1, 0.15) is 0 Å². The van der Waals surface area contributed by atoms with Crippen molar-refractivity contribution in [2.45, 2.75) is 6.54 Å². The first-order valence-electron chi connectivity index (χ1n) is 5.39. The number of rotatable bonds is 3. The lowest BCUT2D eigenvalue weighted by Gasteiger charge is -2.10. The summed E-state index contributed by atoms with van der Waals surface area (Å²) in [5.41, 5.74) is 21.2. The highest BCUT2D eigenvalue weighted by Gasteiger charge is 2.01. The molecule has 88 valence electrons. The highest BCUT2D eigenvalue weighted by Crippen LogP contribution is 2.20. The standard InChI is InChI=1S/C13H16N4/c14-10-4-6-11(7-5-10)17-8-9-2-1-3-12(15)13(9)16/h1-7,17H,8,14-16H2. The van der Waals surface area contributed by atoms with E-state index in [9.17, 15) is 0 Å². The molecule has 2 aromatic carbocycles. The van der Waals surface area contributed by atoms with Crippen molar-refractivity contribution in [2.75, 3.05) is 22.5 Å². The molecule has 0 fully saturated rings. The summed E-state index contributed by atoms with van der Waals surface area (Å²) < 4.78 is 0. The molecule has 0 saturated carbocycles. The van der Waals surface area contributed by atoms with Crippen LogP contribution in [0.2, 0.25) is 0 Å². The molecule has 7 N–H and O–H groups in total. The summed E-state index contributed by atoms with van der Waals surface area (Å²) in [6.45, 7) is 0.640. The maximum absolute atomic E-state index is 5.89. The summed E-state index contributed by atoms with van der Waals surface area (Å²) in [7, 11) is 0. The van der Waals surface area contributed by atoms with E-state index < -0.39 is 0 Å². The number of anilines is 4. The van der Waals surface area contributed by atoms with E-state index in [1.54, 1.807) is 6.07 Å². The van der Waals surface area contributed by atoms with Crippen molar-refractivity contribution in [1.29, 1.82) is 0 Å². The molecule has 0 bridgehead atoms.